The fourth-order valence-corrected chi connectivity index (χ4v) is 1.96. The minimum Gasteiger partial charge on any atom is -0.480 e. The van der Waals surface area contributed by atoms with Crippen LogP contribution in [0.2, 0.25) is 0 Å². The van der Waals surface area contributed by atoms with Crippen molar-refractivity contribution in [1.29, 1.82) is 0 Å². The third kappa shape index (κ3) is 5.68. The van der Waals surface area contributed by atoms with Crippen LogP contribution in [0.4, 0.5) is 5.69 Å². The van der Waals surface area contributed by atoms with Gasteiger partial charge in [0, 0.05) is 4.47 Å². The number of aliphatic carboxylic acids is 1. The Morgan fingerprint density at radius 1 is 1.35 bits per heavy atom. The Hall–Kier alpha value is -1.44. The van der Waals surface area contributed by atoms with Gasteiger partial charge in [-0.25, -0.2) is 0 Å². The molecule has 1 atom stereocenters. The Balaban J connectivity index is 2.54. The highest BCUT2D eigenvalue weighted by molar-refractivity contribution is 9.10. The Labute approximate surface area is 125 Å². The second-order valence-electron chi connectivity index (χ2n) is 4.22. The van der Waals surface area contributed by atoms with Gasteiger partial charge in [-0.15, -0.1) is 0 Å². The van der Waals surface area contributed by atoms with Gasteiger partial charge in [0.05, 0.1) is 12.1 Å². The number of nitrogens with one attached hydrogen (secondary N) is 2. The molecule has 110 valence electrons. The third-order valence-electron chi connectivity index (χ3n) is 2.61. The largest absolute Gasteiger partial charge is 0.480 e. The van der Waals surface area contributed by atoms with Crippen molar-refractivity contribution in [2.75, 3.05) is 18.4 Å². The highest BCUT2D eigenvalue weighted by Gasteiger charge is 2.20. The summed E-state index contributed by atoms with van der Waals surface area (Å²) >= 11 is 3.31. The van der Waals surface area contributed by atoms with E-state index < -0.39 is 12.0 Å². The minimum absolute atomic E-state index is 0.138. The third-order valence-corrected chi connectivity index (χ3v) is 3.30. The molecule has 0 heterocycles. The lowest BCUT2D eigenvalue weighted by Crippen LogP contribution is -2.40. The molecule has 1 amide bonds. The van der Waals surface area contributed by atoms with Crippen LogP contribution in [0.5, 0.6) is 0 Å². The summed E-state index contributed by atoms with van der Waals surface area (Å²) in [4.78, 5) is 22.9. The van der Waals surface area contributed by atoms with Crippen LogP contribution >= 0.6 is 15.9 Å². The minimum atomic E-state index is -1.05. The molecule has 1 aromatic rings. The maximum Gasteiger partial charge on any atom is 0.321 e. The summed E-state index contributed by atoms with van der Waals surface area (Å²) in [5.41, 5.74) is 5.95. The number of nitrogens with two attached hydrogens (primary N) is 1. The van der Waals surface area contributed by atoms with Crippen molar-refractivity contribution in [2.45, 2.75) is 18.9 Å². The zero-order valence-corrected chi connectivity index (χ0v) is 12.5. The number of carbonyl (C=O) groups is 2. The lowest BCUT2D eigenvalue weighted by molar-refractivity contribution is -0.141. The number of hydrogen-bond donors (Lipinski definition) is 4. The number of carboxylic acid groups (broad SMARTS) is 1. The number of amides is 1. The van der Waals surface area contributed by atoms with Gasteiger partial charge in [-0.3, -0.25) is 9.59 Å². The van der Waals surface area contributed by atoms with E-state index in [-0.39, 0.29) is 12.3 Å². The van der Waals surface area contributed by atoms with E-state index >= 15 is 0 Å². The standard InChI is InChI=1S/C13H18BrN3O3/c14-9-4-1-2-5-10(9)17-12(18)8-11(13(19)20)16-7-3-6-15/h1-2,4-5,11,16H,3,6-8,15H2,(H,17,18)(H,19,20)/t11-/m0/s1. The first-order chi connectivity index (χ1) is 9.54. The number of carboxylic acids is 1. The van der Waals surface area contributed by atoms with Crippen molar-refractivity contribution in [3.63, 3.8) is 0 Å². The molecule has 1 rings (SSSR count). The summed E-state index contributed by atoms with van der Waals surface area (Å²) in [5, 5.41) is 14.5. The Bertz CT molecular complexity index is 468. The highest BCUT2D eigenvalue weighted by atomic mass is 79.9. The molecule has 0 saturated heterocycles. The number of benzene rings is 1. The molecule has 20 heavy (non-hydrogen) atoms. The lowest BCUT2D eigenvalue weighted by atomic mass is 10.2. The van der Waals surface area contributed by atoms with Crippen LogP contribution in [0.15, 0.2) is 28.7 Å². The van der Waals surface area contributed by atoms with Crippen LogP contribution in [0.3, 0.4) is 0 Å². The van der Waals surface area contributed by atoms with Crippen LogP contribution in [-0.4, -0.2) is 36.1 Å². The number of rotatable bonds is 8. The van der Waals surface area contributed by atoms with E-state index in [1.165, 1.54) is 0 Å². The number of halogens is 1. The summed E-state index contributed by atoms with van der Waals surface area (Å²) in [5.74, 6) is -1.41. The molecule has 0 radical (unpaired) electrons. The molecule has 0 aromatic heterocycles. The van der Waals surface area contributed by atoms with Crippen molar-refractivity contribution < 1.29 is 14.7 Å². The zero-order valence-electron chi connectivity index (χ0n) is 10.9. The fraction of sp³-hybridized carbons (Fsp3) is 0.385. The average molecular weight is 344 g/mol. The van der Waals surface area contributed by atoms with Crippen molar-refractivity contribution in [3.8, 4) is 0 Å². The van der Waals surface area contributed by atoms with Gasteiger partial charge in [0.1, 0.15) is 6.04 Å². The lowest BCUT2D eigenvalue weighted by Gasteiger charge is -2.14. The summed E-state index contributed by atoms with van der Waals surface area (Å²) < 4.78 is 0.747. The summed E-state index contributed by atoms with van der Waals surface area (Å²) in [6.45, 7) is 0.943. The van der Waals surface area contributed by atoms with Crippen LogP contribution in [0, 0.1) is 0 Å². The summed E-state index contributed by atoms with van der Waals surface area (Å²) in [6.07, 6.45) is 0.525. The van der Waals surface area contributed by atoms with Gasteiger partial charge in [0.2, 0.25) is 5.91 Å². The van der Waals surface area contributed by atoms with Gasteiger partial charge in [-0.1, -0.05) is 12.1 Å². The Morgan fingerprint density at radius 3 is 2.65 bits per heavy atom. The Kier molecular flexibility index (Phi) is 7.21. The normalized spacial score (nSPS) is 11.9. The van der Waals surface area contributed by atoms with E-state index in [2.05, 4.69) is 26.6 Å². The van der Waals surface area contributed by atoms with Gasteiger partial charge in [-0.2, -0.15) is 0 Å². The molecule has 0 saturated carbocycles. The van der Waals surface area contributed by atoms with Crippen LogP contribution in [0.1, 0.15) is 12.8 Å². The van der Waals surface area contributed by atoms with E-state index in [1.54, 1.807) is 18.2 Å². The molecular formula is C13H18BrN3O3. The molecule has 0 bridgehead atoms. The maximum absolute atomic E-state index is 11.9. The number of hydrogen-bond acceptors (Lipinski definition) is 4. The van der Waals surface area contributed by atoms with E-state index in [1.807, 2.05) is 6.07 Å². The average Bonchev–Trinajstić information content (AvgIpc) is 2.40. The monoisotopic (exact) mass is 343 g/mol. The molecule has 0 aliphatic heterocycles. The van der Waals surface area contributed by atoms with Crippen LogP contribution in [-0.2, 0) is 9.59 Å². The fourth-order valence-electron chi connectivity index (χ4n) is 1.57. The van der Waals surface area contributed by atoms with Crippen LogP contribution in [0.25, 0.3) is 0 Å². The second kappa shape index (κ2) is 8.68. The van der Waals surface area contributed by atoms with Gasteiger partial charge < -0.3 is 21.5 Å². The maximum atomic E-state index is 11.9. The number of carbonyl (C=O) groups excluding carboxylic acids is 1. The van der Waals surface area contributed by atoms with Gasteiger partial charge in [-0.05, 0) is 47.6 Å². The first-order valence-electron chi connectivity index (χ1n) is 6.25. The predicted octanol–water partition coefficient (Wildman–Crippen LogP) is 1.17. The molecule has 0 unspecified atom stereocenters. The molecule has 0 spiro atoms. The van der Waals surface area contributed by atoms with Gasteiger partial charge >= 0.3 is 5.97 Å². The highest BCUT2D eigenvalue weighted by Crippen LogP contribution is 2.21. The second-order valence-corrected chi connectivity index (χ2v) is 5.07. The molecule has 0 fully saturated rings. The quantitative estimate of drug-likeness (QED) is 0.530. The van der Waals surface area contributed by atoms with E-state index in [4.69, 9.17) is 10.8 Å². The van der Waals surface area contributed by atoms with E-state index in [9.17, 15) is 9.59 Å². The first-order valence-corrected chi connectivity index (χ1v) is 7.04. The summed E-state index contributed by atoms with van der Waals surface area (Å²) in [7, 11) is 0. The van der Waals surface area contributed by atoms with Crippen LogP contribution < -0.4 is 16.4 Å². The van der Waals surface area contributed by atoms with Crippen molar-refractivity contribution in [1.82, 2.24) is 5.32 Å². The molecule has 0 aliphatic carbocycles. The topological polar surface area (TPSA) is 104 Å². The number of para-hydroxylation sites is 1. The van der Waals surface area contributed by atoms with E-state index in [0.29, 0.717) is 25.2 Å². The molecule has 5 N–H and O–H groups in total. The predicted molar refractivity (Wildman–Crippen MR) is 80.5 cm³/mol. The molecule has 7 heteroatoms. The Morgan fingerprint density at radius 2 is 2.05 bits per heavy atom. The van der Waals surface area contributed by atoms with E-state index in [0.717, 1.165) is 4.47 Å². The molecule has 1 aromatic carbocycles. The smallest absolute Gasteiger partial charge is 0.321 e. The SMILES string of the molecule is NCCCN[C@@H](CC(=O)Nc1ccccc1Br)C(=O)O. The number of anilines is 1. The van der Waals surface area contributed by atoms with Gasteiger partial charge in [0.15, 0.2) is 0 Å². The molecular weight excluding hydrogens is 326 g/mol. The zero-order chi connectivity index (χ0) is 15.0. The molecule has 6 nitrogen and oxygen atoms in total. The summed E-state index contributed by atoms with van der Waals surface area (Å²) in [6, 6.07) is 6.23. The van der Waals surface area contributed by atoms with Crippen molar-refractivity contribution in [2.24, 2.45) is 5.73 Å². The molecule has 0 aliphatic rings. The van der Waals surface area contributed by atoms with Crippen molar-refractivity contribution >= 4 is 33.5 Å². The van der Waals surface area contributed by atoms with Crippen molar-refractivity contribution in [3.05, 3.63) is 28.7 Å². The van der Waals surface area contributed by atoms with Gasteiger partial charge in [0.25, 0.3) is 0 Å². The first kappa shape index (κ1) is 16.6.